The van der Waals surface area contributed by atoms with Crippen LogP contribution in [0.1, 0.15) is 28.2 Å². The predicted octanol–water partition coefficient (Wildman–Crippen LogP) is 4.71. The van der Waals surface area contributed by atoms with Crippen LogP contribution in [-0.2, 0) is 6.61 Å². The van der Waals surface area contributed by atoms with Gasteiger partial charge in [-0.2, -0.15) is 10.5 Å². The van der Waals surface area contributed by atoms with Crippen LogP contribution in [0.3, 0.4) is 0 Å². The number of allylic oxidation sites excluding steroid dienone is 1. The Morgan fingerprint density at radius 1 is 1.06 bits per heavy atom. The van der Waals surface area contributed by atoms with Crippen molar-refractivity contribution in [2.24, 2.45) is 5.73 Å². The SMILES string of the molecule is N#CC1=C(N)Oc2cc(O)ccc2[C@@H]1c1ccc(OCc2ccccc2C#N)c(Cl)c1. The molecule has 0 bridgehead atoms. The molecule has 0 unspecified atom stereocenters. The summed E-state index contributed by atoms with van der Waals surface area (Å²) in [5.41, 5.74) is 8.93. The molecule has 6 nitrogen and oxygen atoms in total. The Balaban J connectivity index is 1.66. The first-order valence-electron chi connectivity index (χ1n) is 9.32. The number of hydrogen-bond donors (Lipinski definition) is 2. The number of hydrogen-bond acceptors (Lipinski definition) is 6. The summed E-state index contributed by atoms with van der Waals surface area (Å²) < 4.78 is 11.3. The number of benzene rings is 3. The molecule has 0 fully saturated rings. The maximum Gasteiger partial charge on any atom is 0.205 e. The molecular weight excluding hydrogens is 414 g/mol. The fourth-order valence-corrected chi connectivity index (χ4v) is 3.75. The topological polar surface area (TPSA) is 112 Å². The Morgan fingerprint density at radius 3 is 2.61 bits per heavy atom. The number of nitrogens with two attached hydrogens (primary N) is 1. The Morgan fingerprint density at radius 2 is 1.87 bits per heavy atom. The number of phenolic OH excluding ortho intramolecular Hbond substituents is 1. The van der Waals surface area contributed by atoms with Crippen LogP contribution in [-0.4, -0.2) is 5.11 Å². The minimum absolute atomic E-state index is 0.0184. The third kappa shape index (κ3) is 3.85. The molecule has 3 aromatic carbocycles. The smallest absolute Gasteiger partial charge is 0.205 e. The molecule has 1 aliphatic rings. The van der Waals surface area contributed by atoms with E-state index in [9.17, 15) is 15.6 Å². The molecule has 1 atom stereocenters. The predicted molar refractivity (Wildman–Crippen MR) is 114 cm³/mol. The largest absolute Gasteiger partial charge is 0.508 e. The summed E-state index contributed by atoms with van der Waals surface area (Å²) in [6, 6.07) is 21.3. The molecule has 0 aliphatic carbocycles. The minimum Gasteiger partial charge on any atom is -0.508 e. The van der Waals surface area contributed by atoms with E-state index in [1.54, 1.807) is 36.4 Å². The molecular formula is C24H16ClN3O3. The summed E-state index contributed by atoms with van der Waals surface area (Å²) in [7, 11) is 0. The average molecular weight is 430 g/mol. The van der Waals surface area contributed by atoms with Crippen LogP contribution in [0.15, 0.2) is 72.1 Å². The van der Waals surface area contributed by atoms with Crippen LogP contribution < -0.4 is 15.2 Å². The van der Waals surface area contributed by atoms with Crippen molar-refractivity contribution in [1.82, 2.24) is 0 Å². The van der Waals surface area contributed by atoms with Crippen LogP contribution >= 0.6 is 11.6 Å². The van der Waals surface area contributed by atoms with Crippen molar-refractivity contribution in [3.63, 3.8) is 0 Å². The van der Waals surface area contributed by atoms with E-state index in [1.165, 1.54) is 12.1 Å². The number of halogens is 1. The van der Waals surface area contributed by atoms with Gasteiger partial charge in [0.25, 0.3) is 0 Å². The van der Waals surface area contributed by atoms with E-state index in [4.69, 9.17) is 26.8 Å². The van der Waals surface area contributed by atoms with Gasteiger partial charge in [-0.15, -0.1) is 0 Å². The summed E-state index contributed by atoms with van der Waals surface area (Å²) in [5.74, 6) is 0.346. The fraction of sp³-hybridized carbons (Fsp3) is 0.0833. The average Bonchev–Trinajstić information content (AvgIpc) is 2.77. The van der Waals surface area contributed by atoms with Gasteiger partial charge in [0.15, 0.2) is 0 Å². The monoisotopic (exact) mass is 429 g/mol. The van der Waals surface area contributed by atoms with E-state index in [1.807, 2.05) is 12.1 Å². The number of aromatic hydroxyl groups is 1. The lowest BCUT2D eigenvalue weighted by Gasteiger charge is -2.26. The van der Waals surface area contributed by atoms with E-state index in [2.05, 4.69) is 12.1 Å². The number of phenols is 1. The molecule has 4 rings (SSSR count). The van der Waals surface area contributed by atoms with Crippen molar-refractivity contribution < 1.29 is 14.6 Å². The standard InChI is InChI=1S/C24H16ClN3O3/c25-20-9-14(5-8-21(20)30-13-16-4-2-1-3-15(16)11-26)23-18-7-6-17(29)10-22(18)31-24(28)19(23)12-27/h1-10,23,29H,13,28H2/t23-/m0/s1. The lowest BCUT2D eigenvalue weighted by Crippen LogP contribution is -2.21. The molecule has 0 spiro atoms. The number of rotatable bonds is 4. The van der Waals surface area contributed by atoms with Gasteiger partial charge in [-0.1, -0.05) is 41.9 Å². The van der Waals surface area contributed by atoms with Crippen molar-refractivity contribution in [3.05, 3.63) is 99.4 Å². The molecule has 3 N–H and O–H groups in total. The quantitative estimate of drug-likeness (QED) is 0.620. The first kappa shape index (κ1) is 20.2. The fourth-order valence-electron chi connectivity index (χ4n) is 3.51. The molecule has 152 valence electrons. The highest BCUT2D eigenvalue weighted by atomic mass is 35.5. The number of fused-ring (bicyclic) bond motifs is 1. The summed E-state index contributed by atoms with van der Waals surface area (Å²) in [6.45, 7) is 0.193. The zero-order chi connectivity index (χ0) is 22.0. The molecule has 0 aromatic heterocycles. The Kier molecular flexibility index (Phi) is 5.41. The maximum atomic E-state index is 9.77. The van der Waals surface area contributed by atoms with Gasteiger partial charge in [-0.05, 0) is 29.8 Å². The zero-order valence-electron chi connectivity index (χ0n) is 16.2. The van der Waals surface area contributed by atoms with E-state index in [0.29, 0.717) is 27.6 Å². The van der Waals surface area contributed by atoms with E-state index in [-0.39, 0.29) is 23.8 Å². The van der Waals surface area contributed by atoms with Crippen LogP contribution in [0.2, 0.25) is 5.02 Å². The maximum absolute atomic E-state index is 9.77. The molecule has 3 aromatic rings. The molecule has 31 heavy (non-hydrogen) atoms. The van der Waals surface area contributed by atoms with Gasteiger partial charge < -0.3 is 20.3 Å². The second-order valence-corrected chi connectivity index (χ2v) is 7.30. The van der Waals surface area contributed by atoms with Gasteiger partial charge in [0, 0.05) is 17.2 Å². The molecule has 0 saturated carbocycles. The summed E-state index contributed by atoms with van der Waals surface area (Å²) in [5, 5.41) is 29.0. The first-order valence-corrected chi connectivity index (χ1v) is 9.70. The summed E-state index contributed by atoms with van der Waals surface area (Å²) in [4.78, 5) is 0. The van der Waals surface area contributed by atoms with E-state index < -0.39 is 5.92 Å². The number of ether oxygens (including phenoxy) is 2. The van der Waals surface area contributed by atoms with Gasteiger partial charge in [-0.25, -0.2) is 0 Å². The molecule has 0 saturated heterocycles. The van der Waals surface area contributed by atoms with Crippen molar-refractivity contribution in [2.75, 3.05) is 0 Å². The Bertz CT molecular complexity index is 1290. The highest BCUT2D eigenvalue weighted by Crippen LogP contribution is 2.44. The van der Waals surface area contributed by atoms with Gasteiger partial charge in [0.05, 0.1) is 22.6 Å². The van der Waals surface area contributed by atoms with Gasteiger partial charge in [0.1, 0.15) is 35.5 Å². The van der Waals surface area contributed by atoms with Crippen molar-refractivity contribution in [3.8, 4) is 29.4 Å². The third-order valence-corrected chi connectivity index (χ3v) is 5.31. The molecule has 1 aliphatic heterocycles. The molecule has 0 amide bonds. The number of nitriles is 2. The van der Waals surface area contributed by atoms with Crippen molar-refractivity contribution in [2.45, 2.75) is 12.5 Å². The number of nitrogens with zero attached hydrogens (tertiary/aromatic N) is 2. The van der Waals surface area contributed by atoms with Crippen LogP contribution in [0, 0.1) is 22.7 Å². The van der Waals surface area contributed by atoms with E-state index >= 15 is 0 Å². The minimum atomic E-state index is -0.500. The van der Waals surface area contributed by atoms with Crippen LogP contribution in [0.25, 0.3) is 0 Å². The van der Waals surface area contributed by atoms with Crippen LogP contribution in [0.5, 0.6) is 17.2 Å². The first-order chi connectivity index (χ1) is 15.0. The summed E-state index contributed by atoms with van der Waals surface area (Å²) >= 11 is 6.48. The normalized spacial score (nSPS) is 14.7. The van der Waals surface area contributed by atoms with Crippen molar-refractivity contribution in [1.29, 1.82) is 10.5 Å². The Hall–Kier alpha value is -4.13. The van der Waals surface area contributed by atoms with Gasteiger partial charge in [-0.3, -0.25) is 0 Å². The Labute approximate surface area is 183 Å². The highest BCUT2D eigenvalue weighted by molar-refractivity contribution is 6.32. The van der Waals surface area contributed by atoms with Crippen molar-refractivity contribution >= 4 is 11.6 Å². The second kappa shape index (κ2) is 8.31. The molecule has 0 radical (unpaired) electrons. The lowest BCUT2D eigenvalue weighted by molar-refractivity contribution is 0.306. The zero-order valence-corrected chi connectivity index (χ0v) is 16.9. The van der Waals surface area contributed by atoms with E-state index in [0.717, 1.165) is 11.1 Å². The van der Waals surface area contributed by atoms with Gasteiger partial charge >= 0.3 is 0 Å². The van der Waals surface area contributed by atoms with Crippen LogP contribution in [0.4, 0.5) is 0 Å². The molecule has 7 heteroatoms. The van der Waals surface area contributed by atoms with Gasteiger partial charge in [0.2, 0.25) is 5.88 Å². The third-order valence-electron chi connectivity index (χ3n) is 5.01. The molecule has 1 heterocycles. The summed E-state index contributed by atoms with van der Waals surface area (Å²) in [6.07, 6.45) is 0. The lowest BCUT2D eigenvalue weighted by atomic mass is 9.83. The highest BCUT2D eigenvalue weighted by Gasteiger charge is 2.31. The second-order valence-electron chi connectivity index (χ2n) is 6.89.